The Kier molecular flexibility index (Phi) is 4.65. The number of nitrogens with zero attached hydrogens (tertiary/aromatic N) is 2. The summed E-state index contributed by atoms with van der Waals surface area (Å²) in [4.78, 5) is 16.2. The van der Waals surface area contributed by atoms with Crippen LogP contribution in [-0.4, -0.2) is 16.0 Å². The minimum Gasteiger partial charge on any atom is -0.339 e. The molecule has 3 rings (SSSR count). The van der Waals surface area contributed by atoms with Gasteiger partial charge in [-0.25, -0.2) is 4.39 Å². The van der Waals surface area contributed by atoms with Gasteiger partial charge < -0.3 is 9.84 Å². The lowest BCUT2D eigenvalue weighted by molar-refractivity contribution is -0.116. The Hall–Kier alpha value is -3.02. The van der Waals surface area contributed by atoms with Crippen molar-refractivity contribution in [2.24, 2.45) is 0 Å². The van der Waals surface area contributed by atoms with Crippen molar-refractivity contribution in [1.29, 1.82) is 0 Å². The van der Waals surface area contributed by atoms with Gasteiger partial charge >= 0.3 is 0 Å². The Morgan fingerprint density at radius 1 is 1.17 bits per heavy atom. The highest BCUT2D eigenvalue weighted by Crippen LogP contribution is 2.20. The number of hydrogen-bond acceptors (Lipinski definition) is 4. The summed E-state index contributed by atoms with van der Waals surface area (Å²) in [5, 5.41) is 6.47. The summed E-state index contributed by atoms with van der Waals surface area (Å²) in [7, 11) is 0. The largest absolute Gasteiger partial charge is 0.339 e. The van der Waals surface area contributed by atoms with Crippen molar-refractivity contribution in [1.82, 2.24) is 10.1 Å². The highest BCUT2D eigenvalue weighted by atomic mass is 19.1. The van der Waals surface area contributed by atoms with Gasteiger partial charge in [-0.05, 0) is 24.6 Å². The van der Waals surface area contributed by atoms with Crippen molar-refractivity contribution in [3.8, 4) is 11.4 Å². The van der Waals surface area contributed by atoms with Gasteiger partial charge in [0, 0.05) is 18.4 Å². The molecule has 5 nitrogen and oxygen atoms in total. The minimum atomic E-state index is -0.467. The molecule has 122 valence electrons. The molecule has 0 fully saturated rings. The maximum absolute atomic E-state index is 13.5. The highest BCUT2D eigenvalue weighted by molar-refractivity contribution is 5.90. The summed E-state index contributed by atoms with van der Waals surface area (Å²) >= 11 is 0. The fourth-order valence-electron chi connectivity index (χ4n) is 2.29. The summed E-state index contributed by atoms with van der Waals surface area (Å²) in [5.74, 6) is 0.0933. The number of rotatable bonds is 5. The number of amides is 1. The second-order valence-electron chi connectivity index (χ2n) is 5.35. The number of benzene rings is 2. The third-order valence-corrected chi connectivity index (χ3v) is 3.57. The average molecular weight is 325 g/mol. The standard InChI is InChI=1S/C18H16FN3O2/c1-12-6-2-3-7-13(12)18-21-17(24-22-18)11-10-16(23)20-15-9-5-4-8-14(15)19/h2-9H,10-11H2,1H3,(H,20,23). The predicted octanol–water partition coefficient (Wildman–Crippen LogP) is 3.76. The summed E-state index contributed by atoms with van der Waals surface area (Å²) in [6.07, 6.45) is 0.420. The van der Waals surface area contributed by atoms with Crippen molar-refractivity contribution in [2.75, 3.05) is 5.32 Å². The molecule has 1 heterocycles. The lowest BCUT2D eigenvalue weighted by atomic mass is 10.1. The summed E-state index contributed by atoms with van der Waals surface area (Å²) in [6.45, 7) is 1.97. The second-order valence-corrected chi connectivity index (χ2v) is 5.35. The third kappa shape index (κ3) is 3.65. The molecule has 0 aliphatic heterocycles. The number of hydrogen-bond donors (Lipinski definition) is 1. The van der Waals surface area contributed by atoms with E-state index in [-0.39, 0.29) is 18.0 Å². The molecule has 1 N–H and O–H groups in total. The van der Waals surface area contributed by atoms with Crippen LogP contribution in [0.1, 0.15) is 17.9 Å². The molecule has 0 spiro atoms. The maximum Gasteiger partial charge on any atom is 0.227 e. The fraction of sp³-hybridized carbons (Fsp3) is 0.167. The zero-order valence-electron chi connectivity index (χ0n) is 13.1. The number of aryl methyl sites for hydroxylation is 2. The first-order chi connectivity index (χ1) is 11.6. The molecule has 1 aromatic heterocycles. The monoisotopic (exact) mass is 325 g/mol. The summed E-state index contributed by atoms with van der Waals surface area (Å²) in [6, 6.07) is 13.7. The number of carbonyl (C=O) groups excluding carboxylic acids is 1. The molecule has 0 bridgehead atoms. The van der Waals surface area contributed by atoms with E-state index in [0.29, 0.717) is 18.1 Å². The van der Waals surface area contributed by atoms with Gasteiger partial charge in [0.25, 0.3) is 0 Å². The molecule has 6 heteroatoms. The van der Waals surface area contributed by atoms with Crippen molar-refractivity contribution >= 4 is 11.6 Å². The van der Waals surface area contributed by atoms with Crippen LogP contribution in [0.25, 0.3) is 11.4 Å². The van der Waals surface area contributed by atoms with Crippen LogP contribution in [0, 0.1) is 12.7 Å². The second kappa shape index (κ2) is 7.04. The molecule has 2 aromatic carbocycles. The van der Waals surface area contributed by atoms with Crippen molar-refractivity contribution in [2.45, 2.75) is 19.8 Å². The predicted molar refractivity (Wildman–Crippen MR) is 87.8 cm³/mol. The maximum atomic E-state index is 13.5. The van der Waals surface area contributed by atoms with E-state index in [1.807, 2.05) is 31.2 Å². The Balaban J connectivity index is 1.61. The lowest BCUT2D eigenvalue weighted by Gasteiger charge is -2.04. The molecular formula is C18H16FN3O2. The first kappa shape index (κ1) is 15.9. The molecule has 0 atom stereocenters. The van der Waals surface area contributed by atoms with E-state index < -0.39 is 5.82 Å². The van der Waals surface area contributed by atoms with Gasteiger partial charge in [-0.2, -0.15) is 4.98 Å². The SMILES string of the molecule is Cc1ccccc1-c1noc(CCC(=O)Nc2ccccc2F)n1. The van der Waals surface area contributed by atoms with Gasteiger partial charge in [0.1, 0.15) is 5.82 Å². The Morgan fingerprint density at radius 2 is 1.92 bits per heavy atom. The molecule has 0 radical (unpaired) electrons. The van der Waals surface area contributed by atoms with Gasteiger partial charge in [0.15, 0.2) is 0 Å². The normalized spacial score (nSPS) is 10.6. The molecule has 24 heavy (non-hydrogen) atoms. The number of para-hydroxylation sites is 1. The van der Waals surface area contributed by atoms with Crippen molar-refractivity contribution < 1.29 is 13.7 Å². The van der Waals surface area contributed by atoms with Crippen LogP contribution < -0.4 is 5.32 Å². The Labute approximate surface area is 138 Å². The number of carbonyl (C=O) groups is 1. The first-order valence-electron chi connectivity index (χ1n) is 7.56. The van der Waals surface area contributed by atoms with E-state index in [2.05, 4.69) is 15.5 Å². The van der Waals surface area contributed by atoms with E-state index in [0.717, 1.165) is 11.1 Å². The van der Waals surface area contributed by atoms with Crippen molar-refractivity contribution in [3.63, 3.8) is 0 Å². The third-order valence-electron chi connectivity index (χ3n) is 3.57. The molecule has 0 saturated heterocycles. The Morgan fingerprint density at radius 3 is 2.71 bits per heavy atom. The van der Waals surface area contributed by atoms with Gasteiger partial charge in [-0.3, -0.25) is 4.79 Å². The van der Waals surface area contributed by atoms with Gasteiger partial charge in [-0.15, -0.1) is 0 Å². The van der Waals surface area contributed by atoms with Gasteiger partial charge in [0.05, 0.1) is 5.69 Å². The molecule has 0 unspecified atom stereocenters. The average Bonchev–Trinajstić information content (AvgIpc) is 3.04. The number of nitrogens with one attached hydrogen (secondary N) is 1. The summed E-state index contributed by atoms with van der Waals surface area (Å²) < 4.78 is 18.7. The number of aromatic nitrogens is 2. The molecule has 1 amide bonds. The van der Waals surface area contributed by atoms with Crippen molar-refractivity contribution in [3.05, 3.63) is 65.8 Å². The molecular weight excluding hydrogens is 309 g/mol. The van der Waals surface area contributed by atoms with Crippen LogP contribution in [0.15, 0.2) is 53.1 Å². The fourth-order valence-corrected chi connectivity index (χ4v) is 2.29. The van der Waals surface area contributed by atoms with Gasteiger partial charge in [-0.1, -0.05) is 41.6 Å². The van der Waals surface area contributed by atoms with Crippen LogP contribution in [0.2, 0.25) is 0 Å². The first-order valence-corrected chi connectivity index (χ1v) is 7.56. The van der Waals surface area contributed by atoms with E-state index in [1.54, 1.807) is 12.1 Å². The molecule has 0 saturated carbocycles. The number of anilines is 1. The van der Waals surface area contributed by atoms with E-state index in [9.17, 15) is 9.18 Å². The lowest BCUT2D eigenvalue weighted by Crippen LogP contribution is -2.13. The molecule has 3 aromatic rings. The topological polar surface area (TPSA) is 68.0 Å². The highest BCUT2D eigenvalue weighted by Gasteiger charge is 2.12. The number of halogens is 1. The van der Waals surface area contributed by atoms with Crippen LogP contribution in [0.3, 0.4) is 0 Å². The Bertz CT molecular complexity index is 861. The van der Waals surface area contributed by atoms with E-state index >= 15 is 0 Å². The van der Waals surface area contributed by atoms with Crippen LogP contribution in [0.4, 0.5) is 10.1 Å². The molecule has 0 aliphatic carbocycles. The van der Waals surface area contributed by atoms with Crippen LogP contribution in [0.5, 0.6) is 0 Å². The van der Waals surface area contributed by atoms with Gasteiger partial charge in [0.2, 0.25) is 17.6 Å². The van der Waals surface area contributed by atoms with E-state index in [1.165, 1.54) is 12.1 Å². The summed E-state index contributed by atoms with van der Waals surface area (Å²) in [5.41, 5.74) is 2.10. The van der Waals surface area contributed by atoms with E-state index in [4.69, 9.17) is 4.52 Å². The van der Waals surface area contributed by atoms with Crippen LogP contribution in [-0.2, 0) is 11.2 Å². The van der Waals surface area contributed by atoms with Crippen LogP contribution >= 0.6 is 0 Å². The zero-order chi connectivity index (χ0) is 16.9. The molecule has 0 aliphatic rings. The minimum absolute atomic E-state index is 0.129. The smallest absolute Gasteiger partial charge is 0.227 e. The quantitative estimate of drug-likeness (QED) is 0.775. The zero-order valence-corrected chi connectivity index (χ0v) is 13.1.